The van der Waals surface area contributed by atoms with Crippen LogP contribution in [0.25, 0.3) is 0 Å². The van der Waals surface area contributed by atoms with Crippen LogP contribution in [-0.4, -0.2) is 31.5 Å². The number of ether oxygens (including phenoxy) is 1. The Kier molecular flexibility index (Phi) is 3.74. The van der Waals surface area contributed by atoms with Gasteiger partial charge in [0.05, 0.1) is 14.0 Å². The molecule has 0 aromatic rings. The van der Waals surface area contributed by atoms with Crippen molar-refractivity contribution < 1.29 is 9.84 Å². The number of hydrogen-bond acceptors (Lipinski definition) is 3. The molecule has 3 nitrogen and oxygen atoms in total. The highest BCUT2D eigenvalue weighted by molar-refractivity contribution is 6.59. The van der Waals surface area contributed by atoms with E-state index in [0.717, 1.165) is 19.4 Å². The van der Waals surface area contributed by atoms with E-state index in [0.29, 0.717) is 6.42 Å². The number of aliphatic hydroxyl groups is 1. The lowest BCUT2D eigenvalue weighted by molar-refractivity contribution is -0.0762. The highest BCUT2D eigenvalue weighted by Crippen LogP contribution is 2.33. The summed E-state index contributed by atoms with van der Waals surface area (Å²) in [7, 11) is -0.950. The van der Waals surface area contributed by atoms with Gasteiger partial charge in [-0.1, -0.05) is 13.1 Å². The Morgan fingerprint density at radius 2 is 2.14 bits per heavy atom. The van der Waals surface area contributed by atoms with Crippen molar-refractivity contribution in [3.05, 3.63) is 0 Å². The summed E-state index contributed by atoms with van der Waals surface area (Å²) in [4.78, 5) is 0. The maximum atomic E-state index is 9.70. The van der Waals surface area contributed by atoms with Crippen molar-refractivity contribution in [2.24, 2.45) is 5.73 Å². The minimum absolute atomic E-state index is 0.0729. The molecule has 4 heteroatoms. The van der Waals surface area contributed by atoms with E-state index in [2.05, 4.69) is 13.1 Å². The second-order valence-corrected chi connectivity index (χ2v) is 8.42. The summed E-state index contributed by atoms with van der Waals surface area (Å²) >= 11 is 0. The fourth-order valence-corrected chi connectivity index (χ4v) is 4.33. The summed E-state index contributed by atoms with van der Waals surface area (Å²) in [5.41, 5.74) is 4.60. The summed E-state index contributed by atoms with van der Waals surface area (Å²) in [6, 6.07) is 0. The number of nitrogens with two attached hydrogens (primary N) is 1. The summed E-state index contributed by atoms with van der Waals surface area (Å²) in [5, 5.41) is 9.63. The van der Waals surface area contributed by atoms with Crippen molar-refractivity contribution in [1.82, 2.24) is 0 Å². The fraction of sp³-hybridized carbons (Fsp3) is 1.00. The van der Waals surface area contributed by atoms with Crippen LogP contribution in [0.3, 0.4) is 0 Å². The van der Waals surface area contributed by atoms with E-state index >= 15 is 0 Å². The number of hydrogen-bond donors (Lipinski definition) is 2. The second kappa shape index (κ2) is 4.31. The van der Waals surface area contributed by atoms with Crippen molar-refractivity contribution >= 4 is 8.80 Å². The summed E-state index contributed by atoms with van der Waals surface area (Å²) in [5.74, 6) is 0. The third-order valence-electron chi connectivity index (χ3n) is 3.09. The van der Waals surface area contributed by atoms with E-state index in [9.17, 15) is 5.11 Å². The van der Waals surface area contributed by atoms with Crippen molar-refractivity contribution in [2.45, 2.75) is 56.7 Å². The molecule has 3 N–H and O–H groups in total. The molecule has 2 atom stereocenters. The van der Waals surface area contributed by atoms with Crippen molar-refractivity contribution in [2.75, 3.05) is 6.61 Å². The van der Waals surface area contributed by atoms with Gasteiger partial charge in [0, 0.05) is 13.0 Å². The quantitative estimate of drug-likeness (QED) is 0.548. The molecule has 2 unspecified atom stereocenters. The van der Waals surface area contributed by atoms with Gasteiger partial charge in [-0.05, 0) is 26.2 Å². The number of rotatable bonds is 3. The van der Waals surface area contributed by atoms with Gasteiger partial charge in [0.25, 0.3) is 0 Å². The third kappa shape index (κ3) is 3.05. The van der Waals surface area contributed by atoms with Crippen LogP contribution in [0, 0.1) is 0 Å². The van der Waals surface area contributed by atoms with Crippen molar-refractivity contribution in [3.8, 4) is 0 Å². The monoisotopic (exact) mass is 217 g/mol. The van der Waals surface area contributed by atoms with Gasteiger partial charge in [-0.25, -0.2) is 0 Å². The Hall–Kier alpha value is 0.0969. The van der Waals surface area contributed by atoms with Crippen molar-refractivity contribution in [1.29, 1.82) is 0 Å². The predicted octanol–water partition coefficient (Wildman–Crippen LogP) is 1.01. The molecule has 1 fully saturated rings. The first-order valence-corrected chi connectivity index (χ1v) is 8.40. The molecule has 1 heterocycles. The third-order valence-corrected chi connectivity index (χ3v) is 5.86. The highest BCUT2D eigenvalue weighted by atomic mass is 28.3. The Balaban J connectivity index is 2.71. The van der Waals surface area contributed by atoms with Crippen LogP contribution in [-0.2, 0) is 4.74 Å². The molecule has 0 spiro atoms. The Labute approximate surface area is 88.2 Å². The van der Waals surface area contributed by atoms with E-state index in [1.54, 1.807) is 6.92 Å². The van der Waals surface area contributed by atoms with E-state index in [4.69, 9.17) is 10.5 Å². The van der Waals surface area contributed by atoms with E-state index in [-0.39, 0.29) is 5.22 Å². The molecule has 0 radical (unpaired) electrons. The molecule has 84 valence electrons. The zero-order valence-corrected chi connectivity index (χ0v) is 10.7. The molecular formula is C10H23NO2Si. The average Bonchev–Trinajstić information content (AvgIpc) is 2.02. The van der Waals surface area contributed by atoms with Gasteiger partial charge >= 0.3 is 0 Å². The van der Waals surface area contributed by atoms with Gasteiger partial charge in [-0.2, -0.15) is 0 Å². The molecule has 1 rings (SSSR count). The van der Waals surface area contributed by atoms with Gasteiger partial charge in [-0.3, -0.25) is 0 Å². The highest BCUT2D eigenvalue weighted by Gasteiger charge is 2.41. The zero-order chi connectivity index (χ0) is 10.8. The maximum Gasteiger partial charge on any atom is 0.113 e. The smallest absolute Gasteiger partial charge is 0.113 e. The van der Waals surface area contributed by atoms with E-state index in [1.165, 1.54) is 6.42 Å². The van der Waals surface area contributed by atoms with Crippen molar-refractivity contribution in [3.63, 3.8) is 0 Å². The first kappa shape index (κ1) is 12.2. The van der Waals surface area contributed by atoms with Crippen LogP contribution in [0.4, 0.5) is 0 Å². The van der Waals surface area contributed by atoms with Crippen LogP contribution < -0.4 is 5.73 Å². The molecule has 0 aliphatic carbocycles. The summed E-state index contributed by atoms with van der Waals surface area (Å²) < 4.78 is 5.92. The van der Waals surface area contributed by atoms with Crippen LogP contribution in [0.15, 0.2) is 0 Å². The molecule has 0 aromatic carbocycles. The molecule has 1 aliphatic heterocycles. The van der Waals surface area contributed by atoms with Crippen LogP contribution >= 0.6 is 0 Å². The second-order valence-electron chi connectivity index (χ2n) is 5.06. The maximum absolute atomic E-state index is 9.70. The summed E-state index contributed by atoms with van der Waals surface area (Å²) in [6.45, 7) is 7.05. The van der Waals surface area contributed by atoms with Crippen LogP contribution in [0.5, 0.6) is 0 Å². The Morgan fingerprint density at radius 3 is 2.50 bits per heavy atom. The molecule has 14 heavy (non-hydrogen) atoms. The minimum atomic E-state index is -1.09. The molecule has 0 saturated carbocycles. The lowest BCUT2D eigenvalue weighted by atomic mass is 10.00. The molecule has 0 amide bonds. The molecule has 1 aliphatic rings. The zero-order valence-electron chi connectivity index (χ0n) is 9.55. The van der Waals surface area contributed by atoms with Gasteiger partial charge in [0.1, 0.15) is 5.72 Å². The van der Waals surface area contributed by atoms with Gasteiger partial charge in [0.2, 0.25) is 0 Å². The standard InChI is InChI=1S/C10H23NO2Si/c1-9(11,12)8-10(14(2)3)6-4-5-7-13-10/h12,14H,4-8,11H2,1-3H3. The van der Waals surface area contributed by atoms with Crippen LogP contribution in [0.1, 0.15) is 32.6 Å². The van der Waals surface area contributed by atoms with Crippen LogP contribution in [0.2, 0.25) is 13.1 Å². The Bertz CT molecular complexity index is 183. The molecule has 0 aromatic heterocycles. The average molecular weight is 217 g/mol. The molecular weight excluding hydrogens is 194 g/mol. The van der Waals surface area contributed by atoms with Gasteiger partial charge in [0.15, 0.2) is 0 Å². The normalized spacial score (nSPS) is 33.0. The topological polar surface area (TPSA) is 55.5 Å². The molecule has 1 saturated heterocycles. The first-order chi connectivity index (χ1) is 6.36. The van der Waals surface area contributed by atoms with Gasteiger partial charge < -0.3 is 15.6 Å². The predicted molar refractivity (Wildman–Crippen MR) is 60.8 cm³/mol. The first-order valence-electron chi connectivity index (χ1n) is 5.51. The lowest BCUT2D eigenvalue weighted by Crippen LogP contribution is -2.54. The van der Waals surface area contributed by atoms with Gasteiger partial charge in [-0.15, -0.1) is 0 Å². The summed E-state index contributed by atoms with van der Waals surface area (Å²) in [6.07, 6.45) is 4.02. The van der Waals surface area contributed by atoms with E-state index in [1.807, 2.05) is 0 Å². The largest absolute Gasteiger partial charge is 0.379 e. The molecule has 0 bridgehead atoms. The lowest BCUT2D eigenvalue weighted by Gasteiger charge is -2.43. The SMILES string of the molecule is C[SiH](C)C1(CC(C)(N)O)CCCCO1. The van der Waals surface area contributed by atoms with E-state index < -0.39 is 14.5 Å². The Morgan fingerprint density at radius 1 is 1.50 bits per heavy atom. The minimum Gasteiger partial charge on any atom is -0.379 e. The fourth-order valence-electron chi connectivity index (χ4n) is 2.28.